The summed E-state index contributed by atoms with van der Waals surface area (Å²) >= 11 is 0. The lowest BCUT2D eigenvalue weighted by Crippen LogP contribution is -2.41. The number of aliphatic hydroxyl groups is 1. The molecular weight excluding hydrogens is 192 g/mol. The average Bonchev–Trinajstić information content (AvgIpc) is 2.00. The fourth-order valence-electron chi connectivity index (χ4n) is 1.52. The number of hydrogen-bond donors (Lipinski definition) is 2. The first-order valence-corrected chi connectivity index (χ1v) is 5.48. The smallest absolute Gasteiger partial charge is 0.223 e. The summed E-state index contributed by atoms with van der Waals surface area (Å²) in [5.41, 5.74) is 4.93. The third kappa shape index (κ3) is 7.33. The van der Waals surface area contributed by atoms with Crippen LogP contribution in [0.2, 0.25) is 0 Å². The molecule has 0 rings (SSSR count). The van der Waals surface area contributed by atoms with Crippen LogP contribution in [0.3, 0.4) is 0 Å². The molecule has 4 heteroatoms. The summed E-state index contributed by atoms with van der Waals surface area (Å²) in [4.78, 5) is 13.2. The largest absolute Gasteiger partial charge is 0.389 e. The second kappa shape index (κ2) is 6.08. The van der Waals surface area contributed by atoms with Crippen LogP contribution in [0.5, 0.6) is 0 Å². The van der Waals surface area contributed by atoms with E-state index in [1.54, 1.807) is 20.9 Å². The summed E-state index contributed by atoms with van der Waals surface area (Å²) in [5, 5.41) is 9.55. The number of amides is 1. The van der Waals surface area contributed by atoms with Gasteiger partial charge in [0, 0.05) is 26.1 Å². The van der Waals surface area contributed by atoms with Crippen LogP contribution in [0.15, 0.2) is 0 Å². The van der Waals surface area contributed by atoms with E-state index in [1.807, 2.05) is 6.92 Å². The van der Waals surface area contributed by atoms with Gasteiger partial charge in [0.05, 0.1) is 5.60 Å². The van der Waals surface area contributed by atoms with Gasteiger partial charge in [0.2, 0.25) is 5.91 Å². The molecule has 0 radical (unpaired) electrons. The van der Waals surface area contributed by atoms with Gasteiger partial charge in [0.1, 0.15) is 0 Å². The van der Waals surface area contributed by atoms with E-state index >= 15 is 0 Å². The Hall–Kier alpha value is -0.610. The van der Waals surface area contributed by atoms with Crippen molar-refractivity contribution in [2.75, 3.05) is 13.6 Å². The topological polar surface area (TPSA) is 66.6 Å². The maximum Gasteiger partial charge on any atom is 0.223 e. The number of likely N-dealkylation sites (N-methyl/N-ethyl adjacent to an activating group) is 1. The van der Waals surface area contributed by atoms with E-state index in [-0.39, 0.29) is 11.9 Å². The van der Waals surface area contributed by atoms with Crippen LogP contribution in [0.4, 0.5) is 0 Å². The van der Waals surface area contributed by atoms with Gasteiger partial charge in [-0.25, -0.2) is 0 Å². The summed E-state index contributed by atoms with van der Waals surface area (Å²) in [6.45, 7) is 5.75. The number of nitrogens with two attached hydrogens (primary N) is 1. The van der Waals surface area contributed by atoms with E-state index in [1.165, 1.54) is 4.90 Å². The van der Waals surface area contributed by atoms with Gasteiger partial charge in [-0.05, 0) is 20.3 Å². The molecule has 0 heterocycles. The summed E-state index contributed by atoms with van der Waals surface area (Å²) in [6, 6.07) is -0.0632. The van der Waals surface area contributed by atoms with Crippen molar-refractivity contribution in [3.8, 4) is 0 Å². The highest BCUT2D eigenvalue weighted by atomic mass is 16.3. The van der Waals surface area contributed by atoms with Crippen molar-refractivity contribution in [1.29, 1.82) is 0 Å². The van der Waals surface area contributed by atoms with E-state index < -0.39 is 5.60 Å². The molecule has 0 aliphatic carbocycles. The zero-order chi connectivity index (χ0) is 12.1. The summed E-state index contributed by atoms with van der Waals surface area (Å²) in [5.74, 6) is -0.00178. The lowest BCUT2D eigenvalue weighted by molar-refractivity contribution is -0.132. The molecule has 1 unspecified atom stereocenters. The molecule has 90 valence electrons. The van der Waals surface area contributed by atoms with Crippen LogP contribution < -0.4 is 5.73 Å². The number of nitrogens with zero attached hydrogens (tertiary/aromatic N) is 1. The van der Waals surface area contributed by atoms with Crippen molar-refractivity contribution in [2.45, 2.75) is 51.7 Å². The highest BCUT2D eigenvalue weighted by Gasteiger charge is 2.20. The fourth-order valence-corrected chi connectivity index (χ4v) is 1.52. The lowest BCUT2D eigenvalue weighted by atomic mass is 10.1. The third-order valence-electron chi connectivity index (χ3n) is 2.15. The Balaban J connectivity index is 3.99. The maximum absolute atomic E-state index is 11.6. The maximum atomic E-state index is 11.6. The summed E-state index contributed by atoms with van der Waals surface area (Å²) in [7, 11) is 1.69. The van der Waals surface area contributed by atoms with Crippen molar-refractivity contribution >= 4 is 5.91 Å². The van der Waals surface area contributed by atoms with Gasteiger partial charge >= 0.3 is 0 Å². The molecular formula is C11H24N2O2. The number of rotatable bonds is 6. The van der Waals surface area contributed by atoms with E-state index in [0.717, 1.165) is 12.8 Å². The summed E-state index contributed by atoms with van der Waals surface area (Å²) in [6.07, 6.45) is 2.21. The molecule has 1 atom stereocenters. The predicted molar refractivity (Wildman–Crippen MR) is 61.4 cm³/mol. The highest BCUT2D eigenvalue weighted by molar-refractivity contribution is 5.76. The Morgan fingerprint density at radius 3 is 2.47 bits per heavy atom. The quantitative estimate of drug-likeness (QED) is 0.688. The monoisotopic (exact) mass is 216 g/mol. The Bertz CT molecular complexity index is 199. The molecule has 0 saturated carbocycles. The molecule has 0 aliphatic rings. The van der Waals surface area contributed by atoms with E-state index in [2.05, 4.69) is 0 Å². The minimum Gasteiger partial charge on any atom is -0.389 e. The predicted octanol–water partition coefficient (Wildman–Crippen LogP) is 0.733. The van der Waals surface area contributed by atoms with Gasteiger partial charge in [0.25, 0.3) is 0 Å². The molecule has 0 fully saturated rings. The first-order valence-electron chi connectivity index (χ1n) is 5.48. The van der Waals surface area contributed by atoms with E-state index in [4.69, 9.17) is 5.73 Å². The molecule has 0 aromatic heterocycles. The molecule has 0 aromatic rings. The van der Waals surface area contributed by atoms with Crippen molar-refractivity contribution in [1.82, 2.24) is 4.90 Å². The van der Waals surface area contributed by atoms with Crippen molar-refractivity contribution in [3.05, 3.63) is 0 Å². The second-order valence-corrected chi connectivity index (χ2v) is 4.82. The third-order valence-corrected chi connectivity index (χ3v) is 2.15. The normalized spacial score (nSPS) is 13.7. The van der Waals surface area contributed by atoms with Gasteiger partial charge in [-0.1, -0.05) is 13.3 Å². The van der Waals surface area contributed by atoms with Crippen LogP contribution in [-0.2, 0) is 4.79 Å². The van der Waals surface area contributed by atoms with Gasteiger partial charge in [-0.3, -0.25) is 4.79 Å². The zero-order valence-electron chi connectivity index (χ0n) is 10.3. The fraction of sp³-hybridized carbons (Fsp3) is 0.909. The molecule has 0 aromatic carbocycles. The summed E-state index contributed by atoms with van der Waals surface area (Å²) < 4.78 is 0. The van der Waals surface area contributed by atoms with Gasteiger partial charge in [-0.15, -0.1) is 0 Å². The molecule has 15 heavy (non-hydrogen) atoms. The number of hydrogen-bond acceptors (Lipinski definition) is 3. The van der Waals surface area contributed by atoms with Crippen LogP contribution in [0, 0.1) is 0 Å². The first-order chi connectivity index (χ1) is 6.76. The second-order valence-electron chi connectivity index (χ2n) is 4.82. The minimum absolute atomic E-state index is 0.00178. The Labute approximate surface area is 92.4 Å². The van der Waals surface area contributed by atoms with Gasteiger partial charge in [0.15, 0.2) is 0 Å². The minimum atomic E-state index is -0.848. The SMILES string of the molecule is CCCC(N)CC(=O)N(C)CC(C)(C)O. The standard InChI is InChI=1S/C11H24N2O2/c1-5-6-9(12)7-10(14)13(4)8-11(2,3)15/h9,15H,5-8,12H2,1-4H3. The zero-order valence-corrected chi connectivity index (χ0v) is 10.3. The molecule has 4 nitrogen and oxygen atoms in total. The van der Waals surface area contributed by atoms with Crippen molar-refractivity contribution < 1.29 is 9.90 Å². The highest BCUT2D eigenvalue weighted by Crippen LogP contribution is 2.06. The molecule has 0 bridgehead atoms. The Morgan fingerprint density at radius 2 is 2.07 bits per heavy atom. The van der Waals surface area contributed by atoms with Crippen LogP contribution in [0.1, 0.15) is 40.0 Å². The molecule has 3 N–H and O–H groups in total. The van der Waals surface area contributed by atoms with Crippen molar-refractivity contribution in [2.24, 2.45) is 5.73 Å². The van der Waals surface area contributed by atoms with E-state index in [0.29, 0.717) is 13.0 Å². The Morgan fingerprint density at radius 1 is 1.53 bits per heavy atom. The van der Waals surface area contributed by atoms with Crippen LogP contribution in [-0.4, -0.2) is 41.1 Å². The molecule has 0 saturated heterocycles. The Kier molecular flexibility index (Phi) is 5.83. The average molecular weight is 216 g/mol. The van der Waals surface area contributed by atoms with Gasteiger partial charge in [-0.2, -0.15) is 0 Å². The molecule has 0 spiro atoms. The lowest BCUT2D eigenvalue weighted by Gasteiger charge is -2.26. The number of carbonyl (C=O) groups is 1. The van der Waals surface area contributed by atoms with E-state index in [9.17, 15) is 9.90 Å². The van der Waals surface area contributed by atoms with Crippen LogP contribution >= 0.6 is 0 Å². The van der Waals surface area contributed by atoms with Crippen molar-refractivity contribution in [3.63, 3.8) is 0 Å². The number of carbonyl (C=O) groups excluding carboxylic acids is 1. The molecule has 1 amide bonds. The molecule has 0 aliphatic heterocycles. The van der Waals surface area contributed by atoms with Gasteiger partial charge < -0.3 is 15.7 Å². The van der Waals surface area contributed by atoms with Crippen LogP contribution in [0.25, 0.3) is 0 Å². The first kappa shape index (κ1) is 14.4.